The molecule has 0 saturated carbocycles. The highest BCUT2D eigenvalue weighted by molar-refractivity contribution is 5.79. The fourth-order valence-corrected chi connectivity index (χ4v) is 3.51. The van der Waals surface area contributed by atoms with E-state index in [0.29, 0.717) is 6.42 Å². The van der Waals surface area contributed by atoms with E-state index in [1.54, 1.807) is 0 Å². The van der Waals surface area contributed by atoms with Gasteiger partial charge in [0.2, 0.25) is 5.91 Å². The number of carbonyl (C=O) groups excluding carboxylic acids is 1. The minimum atomic E-state index is 0.0170. The number of hydrogen-bond donors (Lipinski definition) is 1. The van der Waals surface area contributed by atoms with Crippen molar-refractivity contribution < 1.29 is 4.79 Å². The van der Waals surface area contributed by atoms with Crippen molar-refractivity contribution in [3.63, 3.8) is 0 Å². The summed E-state index contributed by atoms with van der Waals surface area (Å²) in [5, 5.41) is 3.11. The van der Waals surface area contributed by atoms with Crippen LogP contribution in [0.25, 0.3) is 0 Å². The number of hydrogen-bond acceptors (Lipinski definition) is 2. The van der Waals surface area contributed by atoms with E-state index in [0.717, 1.165) is 30.1 Å². The van der Waals surface area contributed by atoms with Gasteiger partial charge in [0.15, 0.2) is 0 Å². The summed E-state index contributed by atoms with van der Waals surface area (Å²) in [5.74, 6) is 0.907. The van der Waals surface area contributed by atoms with E-state index in [4.69, 9.17) is 0 Å². The molecule has 3 rings (SSSR count). The van der Waals surface area contributed by atoms with Gasteiger partial charge in [0, 0.05) is 18.8 Å². The Balaban J connectivity index is 1.54. The minimum Gasteiger partial charge on any atom is -0.372 e. The lowest BCUT2D eigenvalue weighted by Gasteiger charge is -2.32. The molecule has 3 heteroatoms. The summed E-state index contributed by atoms with van der Waals surface area (Å²) in [4.78, 5) is 14.8. The molecular formula is C23H30N2O. The molecule has 1 heterocycles. The van der Waals surface area contributed by atoms with Crippen molar-refractivity contribution in [3.05, 3.63) is 65.2 Å². The van der Waals surface area contributed by atoms with Crippen LogP contribution in [0.1, 0.15) is 49.4 Å². The number of piperidine rings is 1. The molecule has 1 saturated heterocycles. The number of aryl methyl sites for hydroxylation is 1. The second-order valence-corrected chi connectivity index (χ2v) is 7.71. The van der Waals surface area contributed by atoms with Gasteiger partial charge in [-0.25, -0.2) is 0 Å². The Morgan fingerprint density at radius 2 is 1.69 bits per heavy atom. The molecule has 0 spiro atoms. The molecule has 1 atom stereocenters. The maximum Gasteiger partial charge on any atom is 0.224 e. The topological polar surface area (TPSA) is 32.3 Å². The van der Waals surface area contributed by atoms with Crippen molar-refractivity contribution >= 4 is 11.6 Å². The summed E-state index contributed by atoms with van der Waals surface area (Å²) in [6.07, 6.45) is 2.97. The third-order valence-electron chi connectivity index (χ3n) is 5.40. The zero-order chi connectivity index (χ0) is 18.5. The van der Waals surface area contributed by atoms with Crippen LogP contribution in [0.4, 0.5) is 5.69 Å². The molecule has 26 heavy (non-hydrogen) atoms. The SMILES string of the molecule is Cc1ccc(CC(=O)NC(C)c2ccc(N3CCC(C)CC3)cc2)cc1. The summed E-state index contributed by atoms with van der Waals surface area (Å²) in [7, 11) is 0. The number of anilines is 1. The molecule has 2 aromatic rings. The van der Waals surface area contributed by atoms with E-state index in [1.165, 1.54) is 24.1 Å². The lowest BCUT2D eigenvalue weighted by atomic mass is 9.98. The molecule has 1 aliphatic rings. The molecule has 2 aromatic carbocycles. The first-order chi connectivity index (χ1) is 12.5. The molecule has 0 aliphatic carbocycles. The van der Waals surface area contributed by atoms with Crippen molar-refractivity contribution in [2.45, 2.75) is 46.1 Å². The Bertz CT molecular complexity index is 713. The second-order valence-electron chi connectivity index (χ2n) is 7.71. The second kappa shape index (κ2) is 8.39. The van der Waals surface area contributed by atoms with E-state index >= 15 is 0 Å². The zero-order valence-corrected chi connectivity index (χ0v) is 16.2. The first-order valence-corrected chi connectivity index (χ1v) is 9.71. The quantitative estimate of drug-likeness (QED) is 0.851. The molecule has 1 aliphatic heterocycles. The smallest absolute Gasteiger partial charge is 0.224 e. The Morgan fingerprint density at radius 1 is 1.08 bits per heavy atom. The number of nitrogens with zero attached hydrogens (tertiary/aromatic N) is 1. The number of benzene rings is 2. The van der Waals surface area contributed by atoms with Crippen LogP contribution < -0.4 is 10.2 Å². The fraction of sp³-hybridized carbons (Fsp3) is 0.435. The van der Waals surface area contributed by atoms with Crippen molar-refractivity contribution in [2.75, 3.05) is 18.0 Å². The van der Waals surface area contributed by atoms with Crippen molar-refractivity contribution in [1.82, 2.24) is 5.32 Å². The van der Waals surface area contributed by atoms with Crippen molar-refractivity contribution in [2.24, 2.45) is 5.92 Å². The van der Waals surface area contributed by atoms with Gasteiger partial charge in [-0.2, -0.15) is 0 Å². The summed E-state index contributed by atoms with van der Waals surface area (Å²) < 4.78 is 0. The molecule has 3 nitrogen and oxygen atoms in total. The highest BCUT2D eigenvalue weighted by Crippen LogP contribution is 2.24. The number of amides is 1. The van der Waals surface area contributed by atoms with Crippen LogP contribution in [-0.2, 0) is 11.2 Å². The van der Waals surface area contributed by atoms with Gasteiger partial charge in [-0.05, 0) is 55.9 Å². The number of carbonyl (C=O) groups is 1. The van der Waals surface area contributed by atoms with Crippen LogP contribution in [-0.4, -0.2) is 19.0 Å². The van der Waals surface area contributed by atoms with Gasteiger partial charge in [0.25, 0.3) is 0 Å². The Morgan fingerprint density at radius 3 is 2.31 bits per heavy atom. The number of rotatable bonds is 5. The van der Waals surface area contributed by atoms with Crippen molar-refractivity contribution in [3.8, 4) is 0 Å². The maximum atomic E-state index is 12.3. The molecule has 1 fully saturated rings. The highest BCUT2D eigenvalue weighted by atomic mass is 16.1. The average molecular weight is 351 g/mol. The summed E-state index contributed by atoms with van der Waals surface area (Å²) >= 11 is 0. The lowest BCUT2D eigenvalue weighted by molar-refractivity contribution is -0.121. The minimum absolute atomic E-state index is 0.0170. The molecule has 0 aromatic heterocycles. The molecule has 138 valence electrons. The van der Waals surface area contributed by atoms with Gasteiger partial charge in [-0.15, -0.1) is 0 Å². The highest BCUT2D eigenvalue weighted by Gasteiger charge is 2.16. The Hall–Kier alpha value is -2.29. The van der Waals surface area contributed by atoms with E-state index in [9.17, 15) is 4.79 Å². The molecule has 0 radical (unpaired) electrons. The van der Waals surface area contributed by atoms with Crippen molar-refractivity contribution in [1.29, 1.82) is 0 Å². The monoisotopic (exact) mass is 350 g/mol. The first-order valence-electron chi connectivity index (χ1n) is 9.71. The maximum absolute atomic E-state index is 12.3. The third-order valence-corrected chi connectivity index (χ3v) is 5.40. The zero-order valence-electron chi connectivity index (χ0n) is 16.2. The van der Waals surface area contributed by atoms with Crippen LogP contribution in [0.2, 0.25) is 0 Å². The van der Waals surface area contributed by atoms with Gasteiger partial charge in [-0.1, -0.05) is 48.9 Å². The van der Waals surface area contributed by atoms with Gasteiger partial charge >= 0.3 is 0 Å². The van der Waals surface area contributed by atoms with Gasteiger partial charge in [0.1, 0.15) is 0 Å². The standard InChI is InChI=1S/C23H30N2O/c1-17-4-6-20(7-5-17)16-23(26)24-19(3)21-8-10-22(11-9-21)25-14-12-18(2)13-15-25/h4-11,18-19H,12-16H2,1-3H3,(H,24,26). The summed E-state index contributed by atoms with van der Waals surface area (Å²) in [5.41, 5.74) is 4.70. The fourth-order valence-electron chi connectivity index (χ4n) is 3.51. The first kappa shape index (κ1) is 18.5. The Kier molecular flexibility index (Phi) is 5.97. The molecule has 1 unspecified atom stereocenters. The molecule has 1 N–H and O–H groups in total. The van der Waals surface area contributed by atoms with Crippen LogP contribution >= 0.6 is 0 Å². The van der Waals surface area contributed by atoms with Crippen LogP contribution in [0.5, 0.6) is 0 Å². The van der Waals surface area contributed by atoms with E-state index in [2.05, 4.69) is 48.3 Å². The normalized spacial score (nSPS) is 16.3. The average Bonchev–Trinajstić information content (AvgIpc) is 2.64. The van der Waals surface area contributed by atoms with Crippen LogP contribution in [0, 0.1) is 12.8 Å². The lowest BCUT2D eigenvalue weighted by Crippen LogP contribution is -2.32. The Labute approximate surface area is 157 Å². The van der Waals surface area contributed by atoms with Crippen LogP contribution in [0.15, 0.2) is 48.5 Å². The van der Waals surface area contributed by atoms with Gasteiger partial charge < -0.3 is 10.2 Å². The molecular weight excluding hydrogens is 320 g/mol. The summed E-state index contributed by atoms with van der Waals surface area (Å²) in [6, 6.07) is 16.8. The van der Waals surface area contributed by atoms with E-state index in [1.807, 2.05) is 31.2 Å². The summed E-state index contributed by atoms with van der Waals surface area (Å²) in [6.45, 7) is 8.72. The van der Waals surface area contributed by atoms with Gasteiger partial charge in [0.05, 0.1) is 12.5 Å². The van der Waals surface area contributed by atoms with Crippen LogP contribution in [0.3, 0.4) is 0 Å². The molecule has 1 amide bonds. The number of nitrogens with one attached hydrogen (secondary N) is 1. The van der Waals surface area contributed by atoms with Gasteiger partial charge in [-0.3, -0.25) is 4.79 Å². The largest absolute Gasteiger partial charge is 0.372 e. The van der Waals surface area contributed by atoms with E-state index in [-0.39, 0.29) is 11.9 Å². The predicted molar refractivity (Wildman–Crippen MR) is 108 cm³/mol. The molecule has 0 bridgehead atoms. The predicted octanol–water partition coefficient (Wildman–Crippen LogP) is 4.65. The third kappa shape index (κ3) is 4.87. The van der Waals surface area contributed by atoms with E-state index < -0.39 is 0 Å².